The Bertz CT molecular complexity index is 538. The van der Waals surface area contributed by atoms with E-state index in [4.69, 9.17) is 0 Å². The minimum absolute atomic E-state index is 0.0679. The van der Waals surface area contributed by atoms with Crippen molar-refractivity contribution in [3.05, 3.63) is 23.4 Å². The third-order valence-electron chi connectivity index (χ3n) is 3.23. The highest BCUT2D eigenvalue weighted by atomic mass is 32.2. The van der Waals surface area contributed by atoms with Gasteiger partial charge in [0, 0.05) is 52.6 Å². The molecule has 21 heavy (non-hydrogen) atoms. The number of anilines is 1. The van der Waals surface area contributed by atoms with Gasteiger partial charge in [-0.05, 0) is 19.1 Å². The first-order valence-electron chi connectivity index (χ1n) is 6.96. The third kappa shape index (κ3) is 5.12. The second-order valence-electron chi connectivity index (χ2n) is 6.15. The van der Waals surface area contributed by atoms with Gasteiger partial charge in [0.25, 0.3) is 5.91 Å². The van der Waals surface area contributed by atoms with Gasteiger partial charge in [-0.15, -0.1) is 0 Å². The minimum atomic E-state index is -0.947. The Morgan fingerprint density at radius 1 is 1.38 bits per heavy atom. The minimum Gasteiger partial charge on any atom is -0.373 e. The largest absolute Gasteiger partial charge is 0.373 e. The highest BCUT2D eigenvalue weighted by molar-refractivity contribution is 7.84. The number of amides is 1. The molecule has 1 heterocycles. The Hall–Kier alpha value is -1.43. The maximum Gasteiger partial charge on any atom is 0.251 e. The van der Waals surface area contributed by atoms with E-state index in [1.807, 2.05) is 13.0 Å². The Kier molecular flexibility index (Phi) is 5.89. The van der Waals surface area contributed by atoms with Crippen molar-refractivity contribution < 1.29 is 9.00 Å². The van der Waals surface area contributed by atoms with Gasteiger partial charge < -0.3 is 10.6 Å². The zero-order chi connectivity index (χ0) is 16.2. The summed E-state index contributed by atoms with van der Waals surface area (Å²) in [6.45, 7) is 8.41. The highest BCUT2D eigenvalue weighted by Gasteiger charge is 2.19. The van der Waals surface area contributed by atoms with E-state index >= 15 is 0 Å². The smallest absolute Gasteiger partial charge is 0.251 e. The van der Waals surface area contributed by atoms with Crippen molar-refractivity contribution >= 4 is 22.5 Å². The fourth-order valence-corrected chi connectivity index (χ4v) is 1.95. The quantitative estimate of drug-likeness (QED) is 0.871. The summed E-state index contributed by atoms with van der Waals surface area (Å²) in [5.74, 6) is 0.497. The van der Waals surface area contributed by atoms with Gasteiger partial charge in [0.15, 0.2) is 0 Å². The Morgan fingerprint density at radius 2 is 2.00 bits per heavy atom. The van der Waals surface area contributed by atoms with E-state index < -0.39 is 10.8 Å². The number of rotatable bonds is 5. The molecule has 6 heteroatoms. The summed E-state index contributed by atoms with van der Waals surface area (Å²) in [6.07, 6.45) is 1.64. The van der Waals surface area contributed by atoms with Crippen LogP contribution in [-0.4, -0.2) is 40.2 Å². The lowest BCUT2D eigenvalue weighted by Crippen LogP contribution is -2.33. The fraction of sp³-hybridized carbons (Fsp3) is 0.600. The molecule has 1 aromatic rings. The molecule has 2 N–H and O–H groups in total. The molecule has 0 aliphatic rings. The fourth-order valence-electron chi connectivity index (χ4n) is 1.63. The van der Waals surface area contributed by atoms with E-state index in [1.165, 1.54) is 0 Å². The van der Waals surface area contributed by atoms with Crippen LogP contribution < -0.4 is 10.6 Å². The van der Waals surface area contributed by atoms with Gasteiger partial charge in [-0.3, -0.25) is 9.00 Å². The summed E-state index contributed by atoms with van der Waals surface area (Å²) in [6, 6.07) is 3.53. The predicted octanol–water partition coefficient (Wildman–Crippen LogP) is 1.92. The summed E-state index contributed by atoms with van der Waals surface area (Å²) < 4.78 is 11.3. The molecule has 2 atom stereocenters. The van der Waals surface area contributed by atoms with Crippen molar-refractivity contribution in [2.75, 3.05) is 25.2 Å². The van der Waals surface area contributed by atoms with Gasteiger partial charge in [0.2, 0.25) is 0 Å². The molecule has 0 bridgehead atoms. The molecule has 0 aliphatic heterocycles. The standard InChI is InChI=1S/C15H25N3O2S/c1-10(21(6)20)9-17-14(19)11-7-12(15(2,3)4)18-13(8-11)16-5/h7-8,10H,9H2,1-6H3,(H,16,18)(H,17,19). The van der Waals surface area contributed by atoms with Gasteiger partial charge in [-0.25, -0.2) is 4.98 Å². The van der Waals surface area contributed by atoms with Crippen molar-refractivity contribution in [2.24, 2.45) is 0 Å². The van der Waals surface area contributed by atoms with Crippen molar-refractivity contribution in [2.45, 2.75) is 38.4 Å². The van der Waals surface area contributed by atoms with Gasteiger partial charge >= 0.3 is 0 Å². The Labute approximate surface area is 129 Å². The van der Waals surface area contributed by atoms with Gasteiger partial charge in [0.05, 0.1) is 0 Å². The van der Waals surface area contributed by atoms with Crippen LogP contribution >= 0.6 is 0 Å². The van der Waals surface area contributed by atoms with Gasteiger partial charge in [-0.1, -0.05) is 20.8 Å². The number of nitrogens with zero attached hydrogens (tertiary/aromatic N) is 1. The monoisotopic (exact) mass is 311 g/mol. The lowest BCUT2D eigenvalue weighted by Gasteiger charge is -2.20. The first-order valence-corrected chi connectivity index (χ1v) is 8.58. The lowest BCUT2D eigenvalue weighted by atomic mass is 9.90. The molecule has 1 amide bonds. The average Bonchev–Trinajstić information content (AvgIpc) is 2.42. The molecule has 2 unspecified atom stereocenters. The first-order chi connectivity index (χ1) is 9.65. The maximum absolute atomic E-state index is 12.3. The van der Waals surface area contributed by atoms with Crippen LogP contribution in [0.3, 0.4) is 0 Å². The van der Waals surface area contributed by atoms with E-state index in [2.05, 4.69) is 36.4 Å². The zero-order valence-electron chi connectivity index (χ0n) is 13.6. The molecule has 118 valence electrons. The van der Waals surface area contributed by atoms with Crippen LogP contribution in [0.4, 0.5) is 5.82 Å². The van der Waals surface area contributed by atoms with Crippen molar-refractivity contribution in [1.29, 1.82) is 0 Å². The summed E-state index contributed by atoms with van der Waals surface area (Å²) >= 11 is 0. The van der Waals surface area contributed by atoms with Crippen LogP contribution in [0.5, 0.6) is 0 Å². The van der Waals surface area contributed by atoms with E-state index in [0.717, 1.165) is 5.69 Å². The topological polar surface area (TPSA) is 71.1 Å². The van der Waals surface area contributed by atoms with Crippen molar-refractivity contribution in [1.82, 2.24) is 10.3 Å². The highest BCUT2D eigenvalue weighted by Crippen LogP contribution is 2.23. The molecule has 1 rings (SSSR count). The van der Waals surface area contributed by atoms with Crippen LogP contribution in [0.2, 0.25) is 0 Å². The number of carbonyl (C=O) groups is 1. The summed E-state index contributed by atoms with van der Waals surface area (Å²) in [7, 11) is 0.830. The van der Waals surface area contributed by atoms with Crippen molar-refractivity contribution in [3.63, 3.8) is 0 Å². The van der Waals surface area contributed by atoms with Crippen molar-refractivity contribution in [3.8, 4) is 0 Å². The lowest BCUT2D eigenvalue weighted by molar-refractivity contribution is 0.0954. The molecular weight excluding hydrogens is 286 g/mol. The summed E-state index contributed by atoms with van der Waals surface area (Å²) in [5, 5.41) is 5.73. The number of carbonyl (C=O) groups excluding carboxylic acids is 1. The number of hydrogen-bond donors (Lipinski definition) is 2. The molecule has 0 saturated carbocycles. The third-order valence-corrected chi connectivity index (χ3v) is 4.53. The van der Waals surface area contributed by atoms with Crippen LogP contribution in [0.25, 0.3) is 0 Å². The van der Waals surface area contributed by atoms with Crippen LogP contribution in [0.1, 0.15) is 43.7 Å². The molecule has 5 nitrogen and oxygen atoms in total. The molecule has 0 spiro atoms. The first kappa shape index (κ1) is 17.6. The van der Waals surface area contributed by atoms with Crippen LogP contribution in [0.15, 0.2) is 12.1 Å². The van der Waals surface area contributed by atoms with E-state index in [-0.39, 0.29) is 16.6 Å². The van der Waals surface area contributed by atoms with E-state index in [9.17, 15) is 9.00 Å². The van der Waals surface area contributed by atoms with Gasteiger partial charge in [-0.2, -0.15) is 0 Å². The number of hydrogen-bond acceptors (Lipinski definition) is 4. The number of pyridine rings is 1. The molecule has 0 aliphatic carbocycles. The van der Waals surface area contributed by atoms with Crippen LogP contribution in [-0.2, 0) is 16.2 Å². The van der Waals surface area contributed by atoms with Gasteiger partial charge in [0.1, 0.15) is 5.82 Å². The maximum atomic E-state index is 12.3. The molecule has 0 saturated heterocycles. The second kappa shape index (κ2) is 7.02. The molecule has 0 aromatic carbocycles. The number of aromatic nitrogens is 1. The van der Waals surface area contributed by atoms with E-state index in [1.54, 1.807) is 19.4 Å². The molecule has 0 fully saturated rings. The molecule has 1 aromatic heterocycles. The Balaban J connectivity index is 2.96. The Morgan fingerprint density at radius 3 is 2.48 bits per heavy atom. The number of nitrogens with one attached hydrogen (secondary N) is 2. The normalized spacial score (nSPS) is 14.4. The SMILES string of the molecule is CNc1cc(C(=O)NCC(C)S(C)=O)cc(C(C)(C)C)n1. The molecular formula is C15H25N3O2S. The summed E-state index contributed by atoms with van der Waals surface area (Å²) in [4.78, 5) is 16.7. The zero-order valence-corrected chi connectivity index (χ0v) is 14.4. The second-order valence-corrected chi connectivity index (χ2v) is 7.95. The van der Waals surface area contributed by atoms with E-state index in [0.29, 0.717) is 17.9 Å². The van der Waals surface area contributed by atoms with Crippen LogP contribution in [0, 0.1) is 0 Å². The predicted molar refractivity (Wildman–Crippen MR) is 88.3 cm³/mol. The average molecular weight is 311 g/mol. The summed E-state index contributed by atoms with van der Waals surface area (Å²) in [5.41, 5.74) is 1.28. The molecule has 0 radical (unpaired) electrons.